The Kier molecular flexibility index (Phi) is 3.80. The quantitative estimate of drug-likeness (QED) is 0.891. The van der Waals surface area contributed by atoms with Crippen molar-refractivity contribution < 1.29 is 14.6 Å². The average molecular weight is 263 g/mol. The Morgan fingerprint density at radius 1 is 1.47 bits per heavy atom. The number of ether oxygens (including phenoxy) is 1. The number of rotatable bonds is 2. The van der Waals surface area contributed by atoms with Gasteiger partial charge in [0.1, 0.15) is 5.75 Å². The molecule has 1 N–H and O–H groups in total. The number of methoxy groups -OCH3 is 1. The molecule has 0 aromatic heterocycles. The molecule has 0 saturated carbocycles. The van der Waals surface area contributed by atoms with Crippen molar-refractivity contribution in [3.05, 3.63) is 29.3 Å². The maximum atomic E-state index is 12.5. The fraction of sp³-hybridized carbons (Fsp3) is 0.533. The Labute approximate surface area is 114 Å². The first-order valence-electron chi connectivity index (χ1n) is 6.59. The molecule has 1 atom stereocenters. The second-order valence-corrected chi connectivity index (χ2v) is 5.49. The van der Waals surface area contributed by atoms with Gasteiger partial charge in [0.2, 0.25) is 0 Å². The van der Waals surface area contributed by atoms with Gasteiger partial charge in [-0.1, -0.05) is 0 Å². The smallest absolute Gasteiger partial charge is 0.253 e. The summed E-state index contributed by atoms with van der Waals surface area (Å²) in [6.07, 6.45) is 1.93. The van der Waals surface area contributed by atoms with Gasteiger partial charge in [0.05, 0.1) is 5.60 Å². The number of likely N-dealkylation sites (tertiary alicyclic amines) is 1. The van der Waals surface area contributed by atoms with Gasteiger partial charge in [0.25, 0.3) is 5.91 Å². The van der Waals surface area contributed by atoms with Crippen LogP contribution in [-0.2, 0) is 4.74 Å². The first-order chi connectivity index (χ1) is 8.95. The third-order valence-corrected chi connectivity index (χ3v) is 3.88. The third-order valence-electron chi connectivity index (χ3n) is 3.88. The number of phenolic OH excluding ortho intramolecular Hbond substituents is 1. The van der Waals surface area contributed by atoms with Crippen LogP contribution in [0.25, 0.3) is 0 Å². The van der Waals surface area contributed by atoms with Crippen LogP contribution >= 0.6 is 0 Å². The van der Waals surface area contributed by atoms with Crippen LogP contribution in [-0.4, -0.2) is 41.7 Å². The SMILES string of the molecule is COC1(C)CCCN(C(=O)c2ccc(O)c(C)c2)C1. The van der Waals surface area contributed by atoms with E-state index in [0.29, 0.717) is 12.1 Å². The summed E-state index contributed by atoms with van der Waals surface area (Å²) in [5.41, 5.74) is 1.09. The van der Waals surface area contributed by atoms with E-state index in [2.05, 4.69) is 0 Å². The van der Waals surface area contributed by atoms with Crippen molar-refractivity contribution in [2.24, 2.45) is 0 Å². The van der Waals surface area contributed by atoms with Gasteiger partial charge in [-0.3, -0.25) is 4.79 Å². The van der Waals surface area contributed by atoms with Crippen molar-refractivity contribution in [3.8, 4) is 5.75 Å². The van der Waals surface area contributed by atoms with Gasteiger partial charge in [0.15, 0.2) is 0 Å². The molecule has 104 valence electrons. The second kappa shape index (κ2) is 5.21. The van der Waals surface area contributed by atoms with Crippen LogP contribution in [0.3, 0.4) is 0 Å². The maximum absolute atomic E-state index is 12.5. The molecule has 1 amide bonds. The largest absolute Gasteiger partial charge is 0.508 e. The highest BCUT2D eigenvalue weighted by molar-refractivity contribution is 5.94. The molecule has 1 aromatic rings. The van der Waals surface area contributed by atoms with Gasteiger partial charge in [-0.05, 0) is 50.5 Å². The topological polar surface area (TPSA) is 49.8 Å². The zero-order chi connectivity index (χ0) is 14.0. The van der Waals surface area contributed by atoms with E-state index in [-0.39, 0.29) is 17.3 Å². The highest BCUT2D eigenvalue weighted by Crippen LogP contribution is 2.26. The zero-order valence-electron chi connectivity index (χ0n) is 11.8. The zero-order valence-corrected chi connectivity index (χ0v) is 11.8. The van der Waals surface area contributed by atoms with E-state index in [1.165, 1.54) is 0 Å². The summed E-state index contributed by atoms with van der Waals surface area (Å²) in [5.74, 6) is 0.225. The lowest BCUT2D eigenvalue weighted by molar-refractivity contribution is -0.0440. The molecule has 1 fully saturated rings. The molecule has 4 heteroatoms. The summed E-state index contributed by atoms with van der Waals surface area (Å²) in [4.78, 5) is 14.3. The lowest BCUT2D eigenvalue weighted by Gasteiger charge is -2.39. The normalized spacial score (nSPS) is 23.4. The van der Waals surface area contributed by atoms with Crippen LogP contribution in [0.2, 0.25) is 0 Å². The molecule has 1 aromatic carbocycles. The molecule has 1 aliphatic heterocycles. The highest BCUT2D eigenvalue weighted by atomic mass is 16.5. The first kappa shape index (κ1) is 13.9. The van der Waals surface area contributed by atoms with E-state index < -0.39 is 0 Å². The van der Waals surface area contributed by atoms with Gasteiger partial charge in [0, 0.05) is 25.8 Å². The summed E-state index contributed by atoms with van der Waals surface area (Å²) >= 11 is 0. The van der Waals surface area contributed by atoms with Crippen molar-refractivity contribution in [2.75, 3.05) is 20.2 Å². The van der Waals surface area contributed by atoms with Crippen LogP contribution in [0, 0.1) is 6.92 Å². The Hall–Kier alpha value is -1.55. The van der Waals surface area contributed by atoms with Crippen LogP contribution in [0.15, 0.2) is 18.2 Å². The van der Waals surface area contributed by atoms with E-state index in [0.717, 1.165) is 24.9 Å². The fourth-order valence-electron chi connectivity index (χ4n) is 2.52. The number of aryl methyl sites for hydroxylation is 1. The molecular formula is C15H21NO3. The van der Waals surface area contributed by atoms with Crippen LogP contribution < -0.4 is 0 Å². The molecule has 1 heterocycles. The number of aromatic hydroxyl groups is 1. The Bertz CT molecular complexity index is 486. The third kappa shape index (κ3) is 2.89. The minimum atomic E-state index is -0.250. The number of hydrogen-bond acceptors (Lipinski definition) is 3. The molecule has 1 saturated heterocycles. The summed E-state index contributed by atoms with van der Waals surface area (Å²) in [5, 5.41) is 9.51. The van der Waals surface area contributed by atoms with Crippen molar-refractivity contribution in [1.29, 1.82) is 0 Å². The fourth-order valence-corrected chi connectivity index (χ4v) is 2.52. The van der Waals surface area contributed by atoms with Gasteiger partial charge in [-0.25, -0.2) is 0 Å². The van der Waals surface area contributed by atoms with E-state index >= 15 is 0 Å². The molecule has 0 aliphatic carbocycles. The predicted octanol–water partition coefficient (Wildman–Crippen LogP) is 2.34. The molecule has 19 heavy (non-hydrogen) atoms. The van der Waals surface area contributed by atoms with E-state index in [1.54, 1.807) is 32.2 Å². The van der Waals surface area contributed by atoms with Crippen molar-refractivity contribution in [1.82, 2.24) is 4.90 Å². The van der Waals surface area contributed by atoms with Crippen molar-refractivity contribution in [3.63, 3.8) is 0 Å². The lowest BCUT2D eigenvalue weighted by Crippen LogP contribution is -2.49. The van der Waals surface area contributed by atoms with E-state index in [4.69, 9.17) is 4.74 Å². The van der Waals surface area contributed by atoms with Gasteiger partial charge in [-0.2, -0.15) is 0 Å². The number of carbonyl (C=O) groups is 1. The number of phenols is 1. The van der Waals surface area contributed by atoms with Crippen LogP contribution in [0.4, 0.5) is 0 Å². The Morgan fingerprint density at radius 3 is 2.84 bits per heavy atom. The monoisotopic (exact) mass is 263 g/mol. The summed E-state index contributed by atoms with van der Waals surface area (Å²) in [7, 11) is 1.69. The lowest BCUT2D eigenvalue weighted by atomic mass is 9.94. The highest BCUT2D eigenvalue weighted by Gasteiger charge is 2.33. The predicted molar refractivity (Wildman–Crippen MR) is 73.4 cm³/mol. The second-order valence-electron chi connectivity index (χ2n) is 5.49. The number of benzene rings is 1. The summed E-state index contributed by atoms with van der Waals surface area (Å²) in [6, 6.07) is 4.97. The average Bonchev–Trinajstić information content (AvgIpc) is 2.41. The summed E-state index contributed by atoms with van der Waals surface area (Å²) in [6.45, 7) is 5.20. The number of carbonyl (C=O) groups excluding carboxylic acids is 1. The number of amides is 1. The standard InChI is InChI=1S/C15H21NO3/c1-11-9-12(5-6-13(11)17)14(18)16-8-4-7-15(2,10-16)19-3/h5-6,9,17H,4,7-8,10H2,1-3H3. The molecule has 2 rings (SSSR count). The number of nitrogens with zero attached hydrogens (tertiary/aromatic N) is 1. The van der Waals surface area contributed by atoms with Crippen LogP contribution in [0.5, 0.6) is 5.75 Å². The van der Waals surface area contributed by atoms with E-state index in [9.17, 15) is 9.90 Å². The van der Waals surface area contributed by atoms with E-state index in [1.807, 2.05) is 11.8 Å². The number of piperidine rings is 1. The molecule has 1 aliphatic rings. The maximum Gasteiger partial charge on any atom is 0.253 e. The molecule has 0 spiro atoms. The van der Waals surface area contributed by atoms with Crippen LogP contribution in [0.1, 0.15) is 35.7 Å². The molecule has 0 bridgehead atoms. The van der Waals surface area contributed by atoms with Crippen molar-refractivity contribution in [2.45, 2.75) is 32.3 Å². The van der Waals surface area contributed by atoms with Gasteiger partial charge < -0.3 is 14.7 Å². The molecule has 4 nitrogen and oxygen atoms in total. The van der Waals surface area contributed by atoms with Gasteiger partial charge >= 0.3 is 0 Å². The summed E-state index contributed by atoms with van der Waals surface area (Å²) < 4.78 is 5.50. The molecule has 0 radical (unpaired) electrons. The Balaban J connectivity index is 2.17. The minimum Gasteiger partial charge on any atom is -0.508 e. The molecule has 1 unspecified atom stereocenters. The Morgan fingerprint density at radius 2 is 2.21 bits per heavy atom. The van der Waals surface area contributed by atoms with Crippen molar-refractivity contribution >= 4 is 5.91 Å². The molecular weight excluding hydrogens is 242 g/mol. The number of hydrogen-bond donors (Lipinski definition) is 1. The first-order valence-corrected chi connectivity index (χ1v) is 6.59. The minimum absolute atomic E-state index is 0.00563. The van der Waals surface area contributed by atoms with Gasteiger partial charge in [-0.15, -0.1) is 0 Å².